The number of nitrogens with two attached hydrogens (primary N) is 2. The van der Waals surface area contributed by atoms with E-state index in [9.17, 15) is 39.3 Å². The van der Waals surface area contributed by atoms with Gasteiger partial charge in [-0.15, -0.1) is 0 Å². The van der Waals surface area contributed by atoms with Crippen molar-refractivity contribution in [3.63, 3.8) is 0 Å². The smallest absolute Gasteiger partial charge is 0.326 e. The van der Waals surface area contributed by atoms with E-state index in [1.54, 1.807) is 6.26 Å². The molecule has 10 N–H and O–H groups in total. The minimum atomic E-state index is -1.51. The van der Waals surface area contributed by atoms with Gasteiger partial charge in [0.2, 0.25) is 23.6 Å². The van der Waals surface area contributed by atoms with E-state index in [1.165, 1.54) is 18.7 Å². The van der Waals surface area contributed by atoms with Crippen LogP contribution in [0.4, 0.5) is 0 Å². The second kappa shape index (κ2) is 14.6. The molecule has 0 rings (SSSR count). The Morgan fingerprint density at radius 2 is 1.45 bits per heavy atom. The van der Waals surface area contributed by atoms with Gasteiger partial charge in [0.1, 0.15) is 24.2 Å². The highest BCUT2D eigenvalue weighted by molar-refractivity contribution is 7.98. The molecule has 0 spiro atoms. The highest BCUT2D eigenvalue weighted by Gasteiger charge is 2.30. The number of nitrogens with one attached hydrogen (secondary N) is 3. The number of hydrogen-bond donors (Lipinski definition) is 8. The number of carboxylic acids is 1. The summed E-state index contributed by atoms with van der Waals surface area (Å²) in [6.45, 7) is 0.415. The molecule has 0 aromatic heterocycles. The standard InChI is InChI=1S/C17H31N5O8S/c1-8(24)13(19)16(28)22-11(7-23)15(27)20-9(3-4-12(18)25)14(26)21-10(17(29)30)5-6-31-2/h8-11,13,23-24H,3-7,19H2,1-2H3,(H2,18,25)(H,20,27)(H,21,26)(H,22,28)(H,29,30). The highest BCUT2D eigenvalue weighted by atomic mass is 32.2. The number of aliphatic carboxylic acids is 1. The number of carbonyl (C=O) groups excluding carboxylic acids is 4. The van der Waals surface area contributed by atoms with Crippen molar-refractivity contribution in [3.8, 4) is 0 Å². The first-order valence-electron chi connectivity index (χ1n) is 9.40. The summed E-state index contributed by atoms with van der Waals surface area (Å²) in [6.07, 6.45) is 0.158. The second-order valence-electron chi connectivity index (χ2n) is 6.76. The van der Waals surface area contributed by atoms with Crippen molar-refractivity contribution in [2.24, 2.45) is 11.5 Å². The number of hydrogen-bond acceptors (Lipinski definition) is 9. The molecule has 0 radical (unpaired) electrons. The van der Waals surface area contributed by atoms with Gasteiger partial charge in [-0.1, -0.05) is 0 Å². The third-order valence-electron chi connectivity index (χ3n) is 4.18. The molecule has 0 aliphatic carbocycles. The van der Waals surface area contributed by atoms with Crippen molar-refractivity contribution in [2.75, 3.05) is 18.6 Å². The lowest BCUT2D eigenvalue weighted by molar-refractivity contribution is -0.142. The molecular formula is C17H31N5O8S. The lowest BCUT2D eigenvalue weighted by atomic mass is 10.1. The van der Waals surface area contributed by atoms with Crippen LogP contribution in [0.3, 0.4) is 0 Å². The zero-order valence-electron chi connectivity index (χ0n) is 17.4. The molecule has 0 aliphatic heterocycles. The third-order valence-corrected chi connectivity index (χ3v) is 4.82. The molecular weight excluding hydrogens is 434 g/mol. The van der Waals surface area contributed by atoms with Crippen LogP contribution in [0.2, 0.25) is 0 Å². The van der Waals surface area contributed by atoms with Gasteiger partial charge in [-0.3, -0.25) is 19.2 Å². The fourth-order valence-electron chi connectivity index (χ4n) is 2.27. The number of thioether (sulfide) groups is 1. The van der Waals surface area contributed by atoms with Crippen molar-refractivity contribution in [3.05, 3.63) is 0 Å². The van der Waals surface area contributed by atoms with E-state index in [1.807, 2.05) is 0 Å². The van der Waals surface area contributed by atoms with Crippen molar-refractivity contribution in [1.29, 1.82) is 0 Å². The number of primary amides is 1. The minimum absolute atomic E-state index is 0.130. The van der Waals surface area contributed by atoms with E-state index in [0.29, 0.717) is 5.75 Å². The Morgan fingerprint density at radius 3 is 1.90 bits per heavy atom. The molecule has 0 fully saturated rings. The molecule has 0 heterocycles. The number of rotatable bonds is 15. The Kier molecular flexibility index (Phi) is 13.4. The Morgan fingerprint density at radius 1 is 0.935 bits per heavy atom. The van der Waals surface area contributed by atoms with Crippen molar-refractivity contribution in [1.82, 2.24) is 16.0 Å². The topological polar surface area (TPSA) is 234 Å². The van der Waals surface area contributed by atoms with E-state index in [0.717, 1.165) is 0 Å². The van der Waals surface area contributed by atoms with Gasteiger partial charge in [0.05, 0.1) is 12.7 Å². The quantitative estimate of drug-likeness (QED) is 0.118. The molecule has 0 bridgehead atoms. The average Bonchev–Trinajstić information content (AvgIpc) is 2.70. The van der Waals surface area contributed by atoms with Gasteiger partial charge in [-0.2, -0.15) is 11.8 Å². The molecule has 5 unspecified atom stereocenters. The molecule has 0 aliphatic rings. The molecule has 178 valence electrons. The van der Waals surface area contributed by atoms with Gasteiger partial charge in [0.25, 0.3) is 0 Å². The van der Waals surface area contributed by atoms with Gasteiger partial charge in [0, 0.05) is 6.42 Å². The van der Waals surface area contributed by atoms with Crippen LogP contribution in [-0.4, -0.2) is 93.8 Å². The zero-order valence-corrected chi connectivity index (χ0v) is 18.2. The highest BCUT2D eigenvalue weighted by Crippen LogP contribution is 2.04. The number of carbonyl (C=O) groups is 5. The summed E-state index contributed by atoms with van der Waals surface area (Å²) in [6, 6.07) is -5.44. The van der Waals surface area contributed by atoms with Crippen LogP contribution < -0.4 is 27.4 Å². The first kappa shape index (κ1) is 28.6. The summed E-state index contributed by atoms with van der Waals surface area (Å²) in [5.41, 5.74) is 10.6. The summed E-state index contributed by atoms with van der Waals surface area (Å²) in [7, 11) is 0. The largest absolute Gasteiger partial charge is 0.480 e. The van der Waals surface area contributed by atoms with Gasteiger partial charge in [-0.25, -0.2) is 4.79 Å². The maximum Gasteiger partial charge on any atom is 0.326 e. The molecule has 0 saturated carbocycles. The maximum absolute atomic E-state index is 12.5. The lowest BCUT2D eigenvalue weighted by Crippen LogP contribution is -2.59. The summed E-state index contributed by atoms with van der Waals surface area (Å²) in [5.74, 6) is -4.32. The average molecular weight is 466 g/mol. The van der Waals surface area contributed by atoms with Crippen LogP contribution in [0.15, 0.2) is 0 Å². The van der Waals surface area contributed by atoms with E-state index >= 15 is 0 Å². The van der Waals surface area contributed by atoms with Crippen LogP contribution in [0.1, 0.15) is 26.2 Å². The van der Waals surface area contributed by atoms with Crippen molar-refractivity contribution >= 4 is 41.4 Å². The number of aliphatic hydroxyl groups excluding tert-OH is 2. The van der Waals surface area contributed by atoms with E-state index in [4.69, 9.17) is 11.5 Å². The van der Waals surface area contributed by atoms with E-state index < -0.39 is 66.5 Å². The first-order chi connectivity index (χ1) is 14.4. The zero-order chi connectivity index (χ0) is 24.1. The Labute approximate surface area is 183 Å². The molecule has 4 amide bonds. The summed E-state index contributed by atoms with van der Waals surface area (Å²) in [5, 5.41) is 34.7. The van der Waals surface area contributed by atoms with Crippen LogP contribution in [-0.2, 0) is 24.0 Å². The van der Waals surface area contributed by atoms with Crippen LogP contribution in [0.25, 0.3) is 0 Å². The molecule has 13 nitrogen and oxygen atoms in total. The monoisotopic (exact) mass is 465 g/mol. The van der Waals surface area contributed by atoms with Crippen LogP contribution >= 0.6 is 11.8 Å². The van der Waals surface area contributed by atoms with E-state index in [2.05, 4.69) is 16.0 Å². The lowest BCUT2D eigenvalue weighted by Gasteiger charge is -2.24. The normalized spacial score (nSPS) is 15.6. The van der Waals surface area contributed by atoms with Crippen LogP contribution in [0, 0.1) is 0 Å². The first-order valence-corrected chi connectivity index (χ1v) is 10.8. The predicted octanol–water partition coefficient (Wildman–Crippen LogP) is -3.76. The molecule has 0 saturated heterocycles. The Hall–Kier alpha value is -2.42. The molecule has 0 aromatic carbocycles. The minimum Gasteiger partial charge on any atom is -0.480 e. The molecule has 5 atom stereocenters. The Bertz CT molecular complexity index is 648. The fourth-order valence-corrected chi connectivity index (χ4v) is 2.75. The SMILES string of the molecule is CSCCC(NC(=O)C(CCC(N)=O)NC(=O)C(CO)NC(=O)C(N)C(C)O)C(=O)O. The van der Waals surface area contributed by atoms with Crippen LogP contribution in [0.5, 0.6) is 0 Å². The Balaban J connectivity index is 5.31. The summed E-state index contributed by atoms with van der Waals surface area (Å²) < 4.78 is 0. The predicted molar refractivity (Wildman–Crippen MR) is 112 cm³/mol. The van der Waals surface area contributed by atoms with Gasteiger partial charge in [-0.05, 0) is 31.8 Å². The summed E-state index contributed by atoms with van der Waals surface area (Å²) >= 11 is 1.38. The fraction of sp³-hybridized carbons (Fsp3) is 0.706. The van der Waals surface area contributed by atoms with Crippen molar-refractivity contribution < 1.29 is 39.3 Å². The number of carboxylic acid groups (broad SMARTS) is 1. The van der Waals surface area contributed by atoms with Gasteiger partial charge in [0.15, 0.2) is 0 Å². The number of amides is 4. The maximum atomic E-state index is 12.5. The molecule has 14 heteroatoms. The van der Waals surface area contributed by atoms with Gasteiger partial charge >= 0.3 is 5.97 Å². The second-order valence-corrected chi connectivity index (χ2v) is 7.74. The van der Waals surface area contributed by atoms with E-state index in [-0.39, 0.29) is 19.3 Å². The molecule has 0 aromatic rings. The third kappa shape index (κ3) is 11.0. The van der Waals surface area contributed by atoms with Gasteiger partial charge < -0.3 is 42.7 Å². The van der Waals surface area contributed by atoms with Crippen molar-refractivity contribution in [2.45, 2.75) is 56.5 Å². The molecule has 31 heavy (non-hydrogen) atoms. The number of aliphatic hydroxyl groups is 2. The summed E-state index contributed by atoms with van der Waals surface area (Å²) in [4.78, 5) is 59.4.